The second-order valence-electron chi connectivity index (χ2n) is 8.02. The van der Waals surface area contributed by atoms with E-state index in [-0.39, 0.29) is 5.41 Å². The second kappa shape index (κ2) is 9.82. The number of pyridine rings is 1. The summed E-state index contributed by atoms with van der Waals surface area (Å²) in [5.41, 5.74) is 4.12. The predicted molar refractivity (Wildman–Crippen MR) is 129 cm³/mol. The Balaban J connectivity index is 1.32. The molecule has 1 aliphatic carbocycles. The van der Waals surface area contributed by atoms with Crippen LogP contribution in [-0.2, 0) is 11.8 Å². The molecule has 1 saturated carbocycles. The first-order chi connectivity index (χ1) is 14.8. The normalized spacial score (nSPS) is 20.2. The molecule has 4 rings (SSSR count). The molecule has 1 aliphatic rings. The Hall–Kier alpha value is -2.78. The highest BCUT2D eigenvalue weighted by atomic mass is 32.1. The number of rotatable bonds is 9. The molecule has 0 spiro atoms. The van der Waals surface area contributed by atoms with Crippen molar-refractivity contribution in [3.05, 3.63) is 114 Å². The Kier molecular flexibility index (Phi) is 6.70. The zero-order chi connectivity index (χ0) is 20.7. The first kappa shape index (κ1) is 20.5. The number of thiocarbonyl (C=S) groups is 1. The minimum atomic E-state index is 0.0503. The van der Waals surface area contributed by atoms with Crippen LogP contribution in [0.3, 0.4) is 0 Å². The van der Waals surface area contributed by atoms with Crippen molar-refractivity contribution < 1.29 is 0 Å². The van der Waals surface area contributed by atoms with Crippen molar-refractivity contribution in [2.75, 3.05) is 6.54 Å². The number of aryl methyl sites for hydroxylation is 1. The fourth-order valence-corrected chi connectivity index (χ4v) is 4.39. The highest BCUT2D eigenvalue weighted by Crippen LogP contribution is 2.61. The molecule has 1 aromatic heterocycles. The number of nitrogens with one attached hydrogen (secondary N) is 1. The fraction of sp³-hybridized carbons (Fsp3) is 0.259. The topological polar surface area (TPSA) is 24.9 Å². The number of hydrogen-bond acceptors (Lipinski definition) is 2. The van der Waals surface area contributed by atoms with E-state index in [1.165, 1.54) is 16.7 Å². The van der Waals surface area contributed by atoms with Crippen molar-refractivity contribution in [3.8, 4) is 0 Å². The van der Waals surface area contributed by atoms with Gasteiger partial charge < -0.3 is 5.32 Å². The van der Waals surface area contributed by atoms with Gasteiger partial charge in [0.25, 0.3) is 0 Å². The van der Waals surface area contributed by atoms with Gasteiger partial charge in [-0.25, -0.2) is 0 Å². The predicted octanol–water partition coefficient (Wildman–Crippen LogP) is 6.00. The van der Waals surface area contributed by atoms with Gasteiger partial charge >= 0.3 is 0 Å². The Labute approximate surface area is 185 Å². The van der Waals surface area contributed by atoms with Crippen LogP contribution in [0, 0.1) is 0 Å². The number of unbranched alkanes of at least 4 members (excludes halogenated alkanes) is 1. The maximum Gasteiger partial charge on any atom is 0.0985 e. The highest BCUT2D eigenvalue weighted by Gasteiger charge is 2.53. The van der Waals surface area contributed by atoms with Crippen LogP contribution in [0.15, 0.2) is 97.3 Å². The average Bonchev–Trinajstić information content (AvgIpc) is 3.55. The van der Waals surface area contributed by atoms with Gasteiger partial charge in [0, 0.05) is 24.4 Å². The van der Waals surface area contributed by atoms with E-state index in [4.69, 9.17) is 12.2 Å². The maximum atomic E-state index is 5.59. The molecule has 0 radical (unpaired) electrons. The summed E-state index contributed by atoms with van der Waals surface area (Å²) in [5.74, 6) is 0.514. The molecule has 3 aromatic rings. The maximum absolute atomic E-state index is 5.59. The molecule has 2 nitrogen and oxygen atoms in total. The smallest absolute Gasteiger partial charge is 0.0985 e. The largest absolute Gasteiger partial charge is 0.376 e. The quantitative estimate of drug-likeness (QED) is 0.265. The van der Waals surface area contributed by atoms with Crippen LogP contribution >= 0.6 is 12.2 Å². The van der Waals surface area contributed by atoms with Gasteiger partial charge in [-0.3, -0.25) is 4.98 Å². The Morgan fingerprint density at radius 2 is 1.77 bits per heavy atom. The molecule has 0 bridgehead atoms. The molecule has 152 valence electrons. The highest BCUT2D eigenvalue weighted by molar-refractivity contribution is 7.80. The minimum absolute atomic E-state index is 0.0503. The summed E-state index contributed by atoms with van der Waals surface area (Å²) < 4.78 is 0. The Morgan fingerprint density at radius 3 is 2.50 bits per heavy atom. The lowest BCUT2D eigenvalue weighted by molar-refractivity contribution is 0.711. The summed E-state index contributed by atoms with van der Waals surface area (Å²) in [6.07, 6.45) is 12.6. The van der Waals surface area contributed by atoms with Crippen LogP contribution in [0.25, 0.3) is 0 Å². The number of hydrogen-bond donors (Lipinski definition) is 1. The van der Waals surface area contributed by atoms with Crippen LogP contribution in [-0.4, -0.2) is 16.5 Å². The van der Waals surface area contributed by atoms with Gasteiger partial charge in [-0.1, -0.05) is 85.0 Å². The molecule has 0 aliphatic heterocycles. The molecule has 1 heterocycles. The molecule has 2 aromatic carbocycles. The first-order valence-electron chi connectivity index (χ1n) is 10.7. The third-order valence-corrected chi connectivity index (χ3v) is 6.24. The van der Waals surface area contributed by atoms with E-state index in [1.54, 1.807) is 0 Å². The molecule has 1 N–H and O–H groups in total. The number of allylic oxidation sites excluding steroid dienone is 1. The molecule has 30 heavy (non-hydrogen) atoms. The van der Waals surface area contributed by atoms with Gasteiger partial charge in [0.05, 0.1) is 4.99 Å². The molecular weight excluding hydrogens is 384 g/mol. The summed E-state index contributed by atoms with van der Waals surface area (Å²) in [6.45, 7) is 0.907. The SMILES string of the molecule is S=C(C=CC1(c2ccccc2)CC1c1ccccc1)NCCCCc1cccnc1. The minimum Gasteiger partial charge on any atom is -0.376 e. The molecule has 2 unspecified atom stereocenters. The zero-order valence-electron chi connectivity index (χ0n) is 17.2. The lowest BCUT2D eigenvalue weighted by Gasteiger charge is -2.14. The van der Waals surface area contributed by atoms with Gasteiger partial charge in [-0.05, 0) is 60.4 Å². The summed E-state index contributed by atoms with van der Waals surface area (Å²) >= 11 is 5.59. The van der Waals surface area contributed by atoms with E-state index in [2.05, 4.69) is 89.2 Å². The van der Waals surface area contributed by atoms with E-state index < -0.39 is 0 Å². The van der Waals surface area contributed by atoms with Gasteiger partial charge in [0.1, 0.15) is 0 Å². The van der Waals surface area contributed by atoms with Crippen molar-refractivity contribution in [2.24, 2.45) is 0 Å². The van der Waals surface area contributed by atoms with Crippen molar-refractivity contribution >= 4 is 17.2 Å². The molecule has 2 atom stereocenters. The van der Waals surface area contributed by atoms with Crippen molar-refractivity contribution in [3.63, 3.8) is 0 Å². The van der Waals surface area contributed by atoms with Gasteiger partial charge in [0.15, 0.2) is 0 Å². The summed E-state index contributed by atoms with van der Waals surface area (Å²) in [7, 11) is 0. The third-order valence-electron chi connectivity index (χ3n) is 5.96. The lowest BCUT2D eigenvalue weighted by Crippen LogP contribution is -2.21. The molecule has 0 saturated heterocycles. The molecule has 3 heteroatoms. The number of benzene rings is 2. The number of aromatic nitrogens is 1. The Bertz CT molecular complexity index is 970. The van der Waals surface area contributed by atoms with E-state index in [1.807, 2.05) is 18.5 Å². The second-order valence-corrected chi connectivity index (χ2v) is 8.46. The summed E-state index contributed by atoms with van der Waals surface area (Å²) in [6, 6.07) is 25.8. The van der Waals surface area contributed by atoms with Crippen LogP contribution in [0.5, 0.6) is 0 Å². The van der Waals surface area contributed by atoms with Crippen molar-refractivity contribution in [2.45, 2.75) is 37.0 Å². The van der Waals surface area contributed by atoms with Crippen molar-refractivity contribution in [1.29, 1.82) is 0 Å². The van der Waals surface area contributed by atoms with Gasteiger partial charge in [0.2, 0.25) is 0 Å². The third kappa shape index (κ3) is 5.03. The van der Waals surface area contributed by atoms with Crippen molar-refractivity contribution in [1.82, 2.24) is 10.3 Å². The Morgan fingerprint density at radius 1 is 1.00 bits per heavy atom. The van der Waals surface area contributed by atoms with Gasteiger partial charge in [-0.15, -0.1) is 0 Å². The summed E-state index contributed by atoms with van der Waals surface area (Å²) in [4.78, 5) is 5.00. The molecule has 0 amide bonds. The fourth-order valence-electron chi connectivity index (χ4n) is 4.22. The van der Waals surface area contributed by atoms with E-state index in [9.17, 15) is 0 Å². The monoisotopic (exact) mass is 412 g/mol. The van der Waals surface area contributed by atoms with Crippen LogP contribution in [0.4, 0.5) is 0 Å². The van der Waals surface area contributed by atoms with Crippen LogP contribution in [0.2, 0.25) is 0 Å². The molecular formula is C27H28N2S. The van der Waals surface area contributed by atoms with Gasteiger partial charge in [-0.2, -0.15) is 0 Å². The standard InChI is InChI=1S/C27H28N2S/c30-26(29-19-8-7-10-22-11-9-18-28-21-22)16-17-27(24-14-5-2-6-15-24)20-25(27)23-12-3-1-4-13-23/h1-6,9,11-18,21,25H,7-8,10,19-20H2,(H,29,30). The van der Waals surface area contributed by atoms with E-state index in [0.717, 1.165) is 37.2 Å². The average molecular weight is 413 g/mol. The first-order valence-corrected chi connectivity index (χ1v) is 11.2. The van der Waals surface area contributed by atoms with E-state index >= 15 is 0 Å². The van der Waals surface area contributed by atoms with Crippen LogP contribution in [0.1, 0.15) is 41.9 Å². The summed E-state index contributed by atoms with van der Waals surface area (Å²) in [5, 5.41) is 3.40. The molecule has 1 fully saturated rings. The lowest BCUT2D eigenvalue weighted by atomic mass is 9.90. The zero-order valence-corrected chi connectivity index (χ0v) is 18.0. The number of nitrogens with zero attached hydrogens (tertiary/aromatic N) is 1. The van der Waals surface area contributed by atoms with E-state index in [0.29, 0.717) is 5.92 Å². The van der Waals surface area contributed by atoms with Crippen LogP contribution < -0.4 is 5.32 Å².